The van der Waals surface area contributed by atoms with Gasteiger partial charge in [0.05, 0.1) is 0 Å². The zero-order chi connectivity index (χ0) is 21.3. The second-order valence-electron chi connectivity index (χ2n) is 6.24. The SMILES string of the molecule is C#CCOC(=O)NCc1ccc(-c2ccncc2)c2cc(NC(=O)NCC)ncc12. The predicted molar refractivity (Wildman–Crippen MR) is 115 cm³/mol. The van der Waals surface area contributed by atoms with Crippen LogP contribution in [0, 0.1) is 12.3 Å². The highest BCUT2D eigenvalue weighted by Crippen LogP contribution is 2.31. The molecule has 0 atom stereocenters. The third-order valence-electron chi connectivity index (χ3n) is 4.27. The minimum Gasteiger partial charge on any atom is -0.436 e. The van der Waals surface area contributed by atoms with E-state index in [9.17, 15) is 9.59 Å². The lowest BCUT2D eigenvalue weighted by Gasteiger charge is -2.14. The number of rotatable bonds is 6. The smallest absolute Gasteiger partial charge is 0.408 e. The van der Waals surface area contributed by atoms with Crippen LogP contribution in [0.2, 0.25) is 0 Å². The number of hydrogen-bond donors (Lipinski definition) is 3. The summed E-state index contributed by atoms with van der Waals surface area (Å²) >= 11 is 0. The van der Waals surface area contributed by atoms with Crippen LogP contribution in [0.5, 0.6) is 0 Å². The molecule has 3 aromatic rings. The number of ether oxygens (including phenoxy) is 1. The Kier molecular flexibility index (Phi) is 6.79. The van der Waals surface area contributed by atoms with E-state index in [4.69, 9.17) is 11.2 Å². The predicted octanol–water partition coefficient (Wildman–Crippen LogP) is 3.30. The Morgan fingerprint density at radius 2 is 1.93 bits per heavy atom. The van der Waals surface area contributed by atoms with Gasteiger partial charge in [0, 0.05) is 37.1 Å². The lowest BCUT2D eigenvalue weighted by molar-refractivity contribution is 0.159. The summed E-state index contributed by atoms with van der Waals surface area (Å²) in [6.07, 6.45) is 9.60. The van der Waals surface area contributed by atoms with E-state index in [1.165, 1.54) is 0 Å². The first-order valence-corrected chi connectivity index (χ1v) is 9.33. The second kappa shape index (κ2) is 9.89. The number of anilines is 1. The van der Waals surface area contributed by atoms with E-state index in [-0.39, 0.29) is 19.2 Å². The normalized spacial score (nSPS) is 10.1. The number of urea groups is 1. The average Bonchev–Trinajstić information content (AvgIpc) is 2.76. The summed E-state index contributed by atoms with van der Waals surface area (Å²) in [5.41, 5.74) is 2.77. The van der Waals surface area contributed by atoms with Crippen LogP contribution in [0.3, 0.4) is 0 Å². The molecule has 0 aliphatic rings. The largest absolute Gasteiger partial charge is 0.436 e. The van der Waals surface area contributed by atoms with Gasteiger partial charge in [0.15, 0.2) is 6.61 Å². The van der Waals surface area contributed by atoms with Crippen LogP contribution in [-0.4, -0.2) is 35.2 Å². The number of terminal acetylenes is 1. The highest BCUT2D eigenvalue weighted by Gasteiger charge is 2.12. The van der Waals surface area contributed by atoms with Crippen LogP contribution in [0.1, 0.15) is 12.5 Å². The molecule has 2 heterocycles. The number of fused-ring (bicyclic) bond motifs is 1. The highest BCUT2D eigenvalue weighted by molar-refractivity contribution is 6.00. The summed E-state index contributed by atoms with van der Waals surface area (Å²) in [5.74, 6) is 2.66. The van der Waals surface area contributed by atoms with Gasteiger partial charge in [-0.05, 0) is 47.2 Å². The van der Waals surface area contributed by atoms with Gasteiger partial charge in [-0.2, -0.15) is 0 Å². The fourth-order valence-electron chi connectivity index (χ4n) is 2.95. The Hall–Kier alpha value is -4.12. The molecule has 3 N–H and O–H groups in total. The molecule has 0 aliphatic carbocycles. The van der Waals surface area contributed by atoms with Gasteiger partial charge in [0.25, 0.3) is 0 Å². The molecule has 0 bridgehead atoms. The first-order chi connectivity index (χ1) is 14.6. The van der Waals surface area contributed by atoms with E-state index in [0.29, 0.717) is 12.4 Å². The van der Waals surface area contributed by atoms with Gasteiger partial charge >= 0.3 is 12.1 Å². The number of alkyl carbamates (subject to hydrolysis) is 1. The second-order valence-corrected chi connectivity index (χ2v) is 6.24. The van der Waals surface area contributed by atoms with Crippen LogP contribution >= 0.6 is 0 Å². The Morgan fingerprint density at radius 1 is 1.13 bits per heavy atom. The summed E-state index contributed by atoms with van der Waals surface area (Å²) in [4.78, 5) is 32.0. The molecule has 0 saturated carbocycles. The Morgan fingerprint density at radius 3 is 2.67 bits per heavy atom. The van der Waals surface area contributed by atoms with E-state index in [2.05, 4.69) is 31.8 Å². The van der Waals surface area contributed by atoms with Crippen molar-refractivity contribution < 1.29 is 14.3 Å². The van der Waals surface area contributed by atoms with Crippen molar-refractivity contribution in [1.29, 1.82) is 0 Å². The van der Waals surface area contributed by atoms with Gasteiger partial charge in [0.1, 0.15) is 5.82 Å². The number of nitrogens with zero attached hydrogens (tertiary/aromatic N) is 2. The Bertz CT molecular complexity index is 1090. The number of pyridine rings is 2. The van der Waals surface area contributed by atoms with Gasteiger partial charge in [0.2, 0.25) is 0 Å². The average molecular weight is 403 g/mol. The molecule has 0 spiro atoms. The van der Waals surface area contributed by atoms with Crippen molar-refractivity contribution in [2.45, 2.75) is 13.5 Å². The molecule has 0 aliphatic heterocycles. The maximum absolute atomic E-state index is 11.9. The van der Waals surface area contributed by atoms with Crippen molar-refractivity contribution in [2.75, 3.05) is 18.5 Å². The van der Waals surface area contributed by atoms with Crippen molar-refractivity contribution >= 4 is 28.7 Å². The van der Waals surface area contributed by atoms with Crippen molar-refractivity contribution in [2.24, 2.45) is 0 Å². The van der Waals surface area contributed by atoms with E-state index in [1.54, 1.807) is 24.7 Å². The summed E-state index contributed by atoms with van der Waals surface area (Å²) < 4.78 is 4.84. The molecule has 152 valence electrons. The number of carbonyl (C=O) groups excluding carboxylic acids is 2. The van der Waals surface area contributed by atoms with Crippen molar-refractivity contribution in [3.63, 3.8) is 0 Å². The number of hydrogen-bond acceptors (Lipinski definition) is 5. The molecular formula is C22H21N5O3. The monoisotopic (exact) mass is 403 g/mol. The minimum absolute atomic E-state index is 0.0933. The first kappa shape index (κ1) is 20.6. The highest BCUT2D eigenvalue weighted by atomic mass is 16.5. The van der Waals surface area contributed by atoms with E-state index in [0.717, 1.165) is 27.5 Å². The number of amides is 3. The standard InChI is InChI=1S/C22H21N5O3/c1-3-11-30-22(29)26-13-16-5-6-17(15-7-9-23-10-8-15)18-12-20(25-14-19(16)18)27-21(28)24-4-2/h1,5-10,12,14H,4,11,13H2,2H3,(H,26,29)(H2,24,25,27,28). The maximum atomic E-state index is 11.9. The summed E-state index contributed by atoms with van der Waals surface area (Å²) in [7, 11) is 0. The van der Waals surface area contributed by atoms with E-state index < -0.39 is 6.09 Å². The third-order valence-corrected chi connectivity index (χ3v) is 4.27. The number of benzene rings is 1. The first-order valence-electron chi connectivity index (χ1n) is 9.33. The van der Waals surface area contributed by atoms with Gasteiger partial charge < -0.3 is 15.4 Å². The third kappa shape index (κ3) is 5.02. The van der Waals surface area contributed by atoms with Crippen molar-refractivity contribution in [1.82, 2.24) is 20.6 Å². The van der Waals surface area contributed by atoms with Crippen molar-refractivity contribution in [3.8, 4) is 23.5 Å². The molecule has 1 aromatic carbocycles. The minimum atomic E-state index is -0.596. The Labute approximate surface area is 174 Å². The Balaban J connectivity index is 1.98. The van der Waals surface area contributed by atoms with Gasteiger partial charge in [-0.1, -0.05) is 18.1 Å². The lowest BCUT2D eigenvalue weighted by atomic mass is 9.96. The summed E-state index contributed by atoms with van der Waals surface area (Å²) in [5, 5.41) is 9.78. The maximum Gasteiger partial charge on any atom is 0.408 e. The van der Waals surface area contributed by atoms with Crippen LogP contribution in [0.4, 0.5) is 15.4 Å². The fourth-order valence-corrected chi connectivity index (χ4v) is 2.95. The lowest BCUT2D eigenvalue weighted by Crippen LogP contribution is -2.28. The number of aromatic nitrogens is 2. The number of nitrogens with one attached hydrogen (secondary N) is 3. The van der Waals surface area contributed by atoms with Gasteiger partial charge in [-0.15, -0.1) is 6.42 Å². The van der Waals surface area contributed by atoms with Crippen LogP contribution in [0.25, 0.3) is 21.9 Å². The molecule has 8 nitrogen and oxygen atoms in total. The number of carbonyl (C=O) groups is 2. The summed E-state index contributed by atoms with van der Waals surface area (Å²) in [6, 6.07) is 9.15. The fraction of sp³-hybridized carbons (Fsp3) is 0.182. The van der Waals surface area contributed by atoms with Gasteiger partial charge in [-0.25, -0.2) is 14.6 Å². The molecule has 3 rings (SSSR count). The molecule has 8 heteroatoms. The summed E-state index contributed by atoms with van der Waals surface area (Å²) in [6.45, 7) is 2.49. The molecule has 0 radical (unpaired) electrons. The van der Waals surface area contributed by atoms with Crippen LogP contribution in [-0.2, 0) is 11.3 Å². The molecule has 2 aromatic heterocycles. The molecule has 0 unspecified atom stereocenters. The molecular weight excluding hydrogens is 382 g/mol. The van der Waals surface area contributed by atoms with Gasteiger partial charge in [-0.3, -0.25) is 10.3 Å². The van der Waals surface area contributed by atoms with E-state index in [1.807, 2.05) is 31.2 Å². The topological polar surface area (TPSA) is 105 Å². The zero-order valence-corrected chi connectivity index (χ0v) is 16.4. The van der Waals surface area contributed by atoms with E-state index >= 15 is 0 Å². The molecule has 0 saturated heterocycles. The molecule has 0 fully saturated rings. The zero-order valence-electron chi connectivity index (χ0n) is 16.4. The van der Waals surface area contributed by atoms with Crippen molar-refractivity contribution in [3.05, 3.63) is 54.5 Å². The van der Waals surface area contributed by atoms with Crippen LogP contribution < -0.4 is 16.0 Å². The molecule has 30 heavy (non-hydrogen) atoms. The quantitative estimate of drug-likeness (QED) is 0.548. The van der Waals surface area contributed by atoms with Crippen LogP contribution in [0.15, 0.2) is 48.9 Å². The molecule has 3 amide bonds.